The van der Waals surface area contributed by atoms with Crippen molar-refractivity contribution in [2.24, 2.45) is 5.92 Å². The third-order valence-electron chi connectivity index (χ3n) is 4.17. The van der Waals surface area contributed by atoms with Gasteiger partial charge in [0.25, 0.3) is 0 Å². The number of fused-ring (bicyclic) bond motifs is 1. The van der Waals surface area contributed by atoms with Gasteiger partial charge in [-0.05, 0) is 44.0 Å². The Bertz CT molecular complexity index is 835. The van der Waals surface area contributed by atoms with Crippen LogP contribution < -0.4 is 14.8 Å². The van der Waals surface area contributed by atoms with Crippen LogP contribution >= 0.6 is 0 Å². The van der Waals surface area contributed by atoms with Crippen molar-refractivity contribution >= 4 is 11.7 Å². The van der Waals surface area contributed by atoms with Gasteiger partial charge in [-0.3, -0.25) is 9.48 Å². The van der Waals surface area contributed by atoms with Crippen molar-refractivity contribution in [3.63, 3.8) is 0 Å². The molecule has 0 unspecified atom stereocenters. The van der Waals surface area contributed by atoms with E-state index in [-0.39, 0.29) is 30.3 Å². The number of hydrogen-bond donors (Lipinski definition) is 1. The fraction of sp³-hybridized carbons (Fsp3) is 0.389. The summed E-state index contributed by atoms with van der Waals surface area (Å²) in [6.45, 7) is 4.20. The molecule has 1 aliphatic rings. The molecule has 0 saturated heterocycles. The molecule has 1 aromatic heterocycles. The standard InChI is InChI=1S/C18H20N4O3/c1-11(2)22-9-14(8-19)17(21-22)20-18(23)13-6-12-7-15(24-3)4-5-16(12)25-10-13/h4-5,7,9,11,13H,6,10H2,1-3H3,(H,20,21,23)/t13-/m1/s1. The second-order valence-corrected chi connectivity index (χ2v) is 6.25. The first-order valence-electron chi connectivity index (χ1n) is 8.11. The number of nitriles is 1. The van der Waals surface area contributed by atoms with E-state index in [1.54, 1.807) is 18.0 Å². The molecule has 1 aliphatic heterocycles. The van der Waals surface area contributed by atoms with Gasteiger partial charge in [0.05, 0.1) is 13.0 Å². The van der Waals surface area contributed by atoms with E-state index in [2.05, 4.69) is 16.5 Å². The maximum atomic E-state index is 12.6. The first-order valence-corrected chi connectivity index (χ1v) is 8.11. The molecule has 0 radical (unpaired) electrons. The van der Waals surface area contributed by atoms with Crippen LogP contribution in [0.5, 0.6) is 11.5 Å². The first kappa shape index (κ1) is 16.8. The number of hydrogen-bond acceptors (Lipinski definition) is 5. The third-order valence-corrected chi connectivity index (χ3v) is 4.17. The van der Waals surface area contributed by atoms with Gasteiger partial charge in [0.15, 0.2) is 5.82 Å². The highest BCUT2D eigenvalue weighted by Crippen LogP contribution is 2.31. The highest BCUT2D eigenvalue weighted by molar-refractivity contribution is 5.93. The molecule has 1 aromatic carbocycles. The number of nitrogens with zero attached hydrogens (tertiary/aromatic N) is 3. The Morgan fingerprint density at radius 2 is 2.32 bits per heavy atom. The molecule has 0 bridgehead atoms. The summed E-state index contributed by atoms with van der Waals surface area (Å²) >= 11 is 0. The number of ether oxygens (including phenoxy) is 2. The van der Waals surface area contributed by atoms with Crippen LogP contribution in [0.2, 0.25) is 0 Å². The van der Waals surface area contributed by atoms with E-state index in [4.69, 9.17) is 9.47 Å². The molecular weight excluding hydrogens is 320 g/mol. The van der Waals surface area contributed by atoms with Gasteiger partial charge in [0.1, 0.15) is 29.7 Å². The Balaban J connectivity index is 1.75. The molecule has 2 heterocycles. The van der Waals surface area contributed by atoms with Crippen molar-refractivity contribution in [3.8, 4) is 17.6 Å². The average Bonchev–Trinajstić information content (AvgIpc) is 3.03. The van der Waals surface area contributed by atoms with Crippen LogP contribution in [0, 0.1) is 17.2 Å². The number of rotatable bonds is 4. The van der Waals surface area contributed by atoms with Crippen LogP contribution in [0.25, 0.3) is 0 Å². The fourth-order valence-corrected chi connectivity index (χ4v) is 2.72. The van der Waals surface area contributed by atoms with E-state index in [1.807, 2.05) is 32.0 Å². The summed E-state index contributed by atoms with van der Waals surface area (Å²) in [7, 11) is 1.60. The van der Waals surface area contributed by atoms with Crippen molar-refractivity contribution in [1.82, 2.24) is 9.78 Å². The molecule has 0 fully saturated rings. The smallest absolute Gasteiger partial charge is 0.232 e. The van der Waals surface area contributed by atoms with Crippen molar-refractivity contribution < 1.29 is 14.3 Å². The molecule has 1 amide bonds. The summed E-state index contributed by atoms with van der Waals surface area (Å²) in [5.41, 5.74) is 1.28. The van der Waals surface area contributed by atoms with Gasteiger partial charge in [-0.15, -0.1) is 0 Å². The Hall–Kier alpha value is -3.01. The van der Waals surface area contributed by atoms with Gasteiger partial charge in [-0.25, -0.2) is 0 Å². The number of carbonyl (C=O) groups excluding carboxylic acids is 1. The average molecular weight is 340 g/mol. The molecule has 0 saturated carbocycles. The topological polar surface area (TPSA) is 89.2 Å². The van der Waals surface area contributed by atoms with Gasteiger partial charge in [-0.2, -0.15) is 10.4 Å². The minimum atomic E-state index is -0.352. The zero-order valence-electron chi connectivity index (χ0n) is 14.4. The SMILES string of the molecule is COc1ccc2c(c1)C[C@@H](C(=O)Nc1nn(C(C)C)cc1C#N)CO2. The zero-order chi connectivity index (χ0) is 18.0. The van der Waals surface area contributed by atoms with Crippen molar-refractivity contribution in [2.75, 3.05) is 19.0 Å². The summed E-state index contributed by atoms with van der Waals surface area (Å²) < 4.78 is 12.6. The summed E-state index contributed by atoms with van der Waals surface area (Å²) in [6.07, 6.45) is 2.18. The largest absolute Gasteiger partial charge is 0.497 e. The van der Waals surface area contributed by atoms with Gasteiger partial charge >= 0.3 is 0 Å². The van der Waals surface area contributed by atoms with Crippen molar-refractivity contribution in [2.45, 2.75) is 26.3 Å². The van der Waals surface area contributed by atoms with Gasteiger partial charge in [0, 0.05) is 12.2 Å². The summed E-state index contributed by atoms with van der Waals surface area (Å²) in [5.74, 6) is 1.23. The Kier molecular flexibility index (Phi) is 4.61. The predicted octanol–water partition coefficient (Wildman–Crippen LogP) is 2.53. The highest BCUT2D eigenvalue weighted by Gasteiger charge is 2.27. The van der Waals surface area contributed by atoms with Crippen LogP contribution in [0.1, 0.15) is 31.0 Å². The van der Waals surface area contributed by atoms with E-state index < -0.39 is 0 Å². The van der Waals surface area contributed by atoms with E-state index in [0.717, 1.165) is 17.1 Å². The lowest BCUT2D eigenvalue weighted by molar-refractivity contribution is -0.121. The second-order valence-electron chi connectivity index (χ2n) is 6.25. The molecule has 130 valence electrons. The molecule has 25 heavy (non-hydrogen) atoms. The molecule has 2 aromatic rings. The number of carbonyl (C=O) groups is 1. The Labute approximate surface area is 146 Å². The number of amides is 1. The quantitative estimate of drug-likeness (QED) is 0.924. The van der Waals surface area contributed by atoms with Crippen molar-refractivity contribution in [1.29, 1.82) is 5.26 Å². The first-order chi connectivity index (χ1) is 12.0. The minimum Gasteiger partial charge on any atom is -0.497 e. The molecule has 1 N–H and O–H groups in total. The van der Waals surface area contributed by atoms with Crippen LogP contribution in [-0.2, 0) is 11.2 Å². The number of nitrogens with one attached hydrogen (secondary N) is 1. The predicted molar refractivity (Wildman–Crippen MR) is 91.6 cm³/mol. The lowest BCUT2D eigenvalue weighted by Crippen LogP contribution is -2.33. The number of methoxy groups -OCH3 is 1. The fourth-order valence-electron chi connectivity index (χ4n) is 2.72. The number of anilines is 1. The Morgan fingerprint density at radius 3 is 3.00 bits per heavy atom. The summed E-state index contributed by atoms with van der Waals surface area (Å²) in [6, 6.07) is 7.73. The highest BCUT2D eigenvalue weighted by atomic mass is 16.5. The molecule has 0 aliphatic carbocycles. The molecule has 3 rings (SSSR count). The van der Waals surface area contributed by atoms with E-state index in [0.29, 0.717) is 12.0 Å². The van der Waals surface area contributed by atoms with Crippen LogP contribution in [-0.4, -0.2) is 29.4 Å². The number of aromatic nitrogens is 2. The van der Waals surface area contributed by atoms with Crippen LogP contribution in [0.4, 0.5) is 5.82 Å². The monoisotopic (exact) mass is 340 g/mol. The van der Waals surface area contributed by atoms with Crippen LogP contribution in [0.15, 0.2) is 24.4 Å². The summed E-state index contributed by atoms with van der Waals surface area (Å²) in [4.78, 5) is 12.6. The second kappa shape index (κ2) is 6.85. The maximum absolute atomic E-state index is 12.6. The number of benzene rings is 1. The molecule has 7 heteroatoms. The minimum absolute atomic E-state index is 0.107. The molecule has 7 nitrogen and oxygen atoms in total. The van der Waals surface area contributed by atoms with Crippen molar-refractivity contribution in [3.05, 3.63) is 35.5 Å². The normalized spacial score (nSPS) is 15.9. The molecule has 1 atom stereocenters. The zero-order valence-corrected chi connectivity index (χ0v) is 14.4. The molecule has 0 spiro atoms. The van der Waals surface area contributed by atoms with Gasteiger partial charge in [-0.1, -0.05) is 0 Å². The lowest BCUT2D eigenvalue weighted by Gasteiger charge is -2.24. The molecular formula is C18H20N4O3. The lowest BCUT2D eigenvalue weighted by atomic mass is 9.96. The van der Waals surface area contributed by atoms with E-state index in [1.165, 1.54) is 0 Å². The van der Waals surface area contributed by atoms with E-state index in [9.17, 15) is 10.1 Å². The van der Waals surface area contributed by atoms with Gasteiger partial charge in [0.2, 0.25) is 5.91 Å². The maximum Gasteiger partial charge on any atom is 0.232 e. The third kappa shape index (κ3) is 3.43. The Morgan fingerprint density at radius 1 is 1.52 bits per heavy atom. The van der Waals surface area contributed by atoms with Crippen LogP contribution in [0.3, 0.4) is 0 Å². The van der Waals surface area contributed by atoms with Gasteiger partial charge < -0.3 is 14.8 Å². The summed E-state index contributed by atoms with van der Waals surface area (Å²) in [5, 5.41) is 16.3. The van der Waals surface area contributed by atoms with E-state index >= 15 is 0 Å².